The van der Waals surface area contributed by atoms with Gasteiger partial charge in [0.05, 0.1) is 7.11 Å². The molecule has 0 N–H and O–H groups in total. The lowest BCUT2D eigenvalue weighted by Crippen LogP contribution is -2.51. The van der Waals surface area contributed by atoms with Gasteiger partial charge in [0.15, 0.2) is 0 Å². The number of amides is 2. The Morgan fingerprint density at radius 1 is 0.697 bits per heavy atom. The fourth-order valence-electron chi connectivity index (χ4n) is 5.36. The van der Waals surface area contributed by atoms with Crippen molar-refractivity contribution in [3.63, 3.8) is 0 Å². The quantitative estimate of drug-likeness (QED) is 0.219. The van der Waals surface area contributed by atoms with Crippen LogP contribution in [0.2, 0.25) is 0 Å². The van der Waals surface area contributed by atoms with Gasteiger partial charge in [-0.25, -0.2) is 4.79 Å². The zero-order valence-corrected chi connectivity index (χ0v) is 21.3. The Hall–Kier alpha value is -1.59. The maximum absolute atomic E-state index is 13.1. The highest BCUT2D eigenvalue weighted by molar-refractivity contribution is 5.91. The molecule has 0 aromatic rings. The standard InChI is InChI=1S/C27H48N2O4/c1-3-4-5-6-7-8-9-10-11-12-13-14-15-20-25(30)28-21-16-18-23(28)26(31)29-22-17-19-24(29)27(32)33-2/h23-24H,3-22H2,1-2H3/t23-,24-/m0/s1. The highest BCUT2D eigenvalue weighted by Gasteiger charge is 2.42. The molecule has 2 heterocycles. The van der Waals surface area contributed by atoms with Crippen LogP contribution >= 0.6 is 0 Å². The topological polar surface area (TPSA) is 66.9 Å². The number of hydrogen-bond acceptors (Lipinski definition) is 4. The smallest absolute Gasteiger partial charge is 0.328 e. The number of carbonyl (C=O) groups is 3. The van der Waals surface area contributed by atoms with Crippen molar-refractivity contribution in [3.05, 3.63) is 0 Å². The van der Waals surface area contributed by atoms with Crippen LogP contribution in [0.15, 0.2) is 0 Å². The van der Waals surface area contributed by atoms with Crippen molar-refractivity contribution >= 4 is 17.8 Å². The van der Waals surface area contributed by atoms with E-state index in [-0.39, 0.29) is 17.8 Å². The third-order valence-electron chi connectivity index (χ3n) is 7.36. The predicted octanol–water partition coefficient (Wildman–Crippen LogP) is 5.62. The molecule has 2 saturated heterocycles. The van der Waals surface area contributed by atoms with Crippen molar-refractivity contribution in [2.24, 2.45) is 0 Å². The number of ether oxygens (including phenoxy) is 1. The molecule has 190 valence electrons. The van der Waals surface area contributed by atoms with Crippen LogP contribution in [-0.2, 0) is 19.1 Å². The summed E-state index contributed by atoms with van der Waals surface area (Å²) in [6.45, 7) is 3.50. The van der Waals surface area contributed by atoms with Gasteiger partial charge in [-0.3, -0.25) is 9.59 Å². The predicted molar refractivity (Wildman–Crippen MR) is 132 cm³/mol. The van der Waals surface area contributed by atoms with Crippen LogP contribution in [0.3, 0.4) is 0 Å². The van der Waals surface area contributed by atoms with Gasteiger partial charge in [0.2, 0.25) is 11.8 Å². The Kier molecular flexibility index (Phi) is 13.5. The second-order valence-electron chi connectivity index (χ2n) is 9.95. The molecule has 0 aromatic heterocycles. The van der Waals surface area contributed by atoms with Crippen LogP contribution in [0.5, 0.6) is 0 Å². The van der Waals surface area contributed by atoms with E-state index in [0.717, 1.165) is 25.7 Å². The van der Waals surface area contributed by atoms with E-state index in [1.807, 2.05) is 0 Å². The summed E-state index contributed by atoms with van der Waals surface area (Å²) in [7, 11) is 1.37. The Balaban J connectivity index is 1.57. The molecular formula is C27H48N2O4. The lowest BCUT2D eigenvalue weighted by Gasteiger charge is -2.30. The molecule has 2 rings (SSSR count). The summed E-state index contributed by atoms with van der Waals surface area (Å²) >= 11 is 0. The molecule has 6 heteroatoms. The number of likely N-dealkylation sites (tertiary alicyclic amines) is 2. The molecule has 33 heavy (non-hydrogen) atoms. The lowest BCUT2D eigenvalue weighted by molar-refractivity contribution is -0.153. The van der Waals surface area contributed by atoms with Gasteiger partial charge in [0.25, 0.3) is 0 Å². The zero-order chi connectivity index (χ0) is 23.9. The highest BCUT2D eigenvalue weighted by Crippen LogP contribution is 2.26. The lowest BCUT2D eigenvalue weighted by atomic mass is 10.0. The van der Waals surface area contributed by atoms with Crippen LogP contribution in [0, 0.1) is 0 Å². The SMILES string of the molecule is CCCCCCCCCCCCCCCC(=O)N1CCC[C@H]1C(=O)N1CCC[C@H]1C(=O)OC. The van der Waals surface area contributed by atoms with E-state index in [0.29, 0.717) is 32.4 Å². The van der Waals surface area contributed by atoms with Crippen molar-refractivity contribution in [1.82, 2.24) is 9.80 Å². The molecule has 2 atom stereocenters. The first kappa shape index (κ1) is 27.7. The summed E-state index contributed by atoms with van der Waals surface area (Å²) < 4.78 is 4.87. The maximum atomic E-state index is 13.1. The molecule has 2 fully saturated rings. The summed E-state index contributed by atoms with van der Waals surface area (Å²) in [5, 5.41) is 0. The summed E-state index contributed by atoms with van der Waals surface area (Å²) in [5.74, 6) is -0.314. The van der Waals surface area contributed by atoms with Gasteiger partial charge >= 0.3 is 5.97 Å². The summed E-state index contributed by atoms with van der Waals surface area (Å²) in [6, 6.07) is -0.883. The second kappa shape index (κ2) is 16.1. The van der Waals surface area contributed by atoms with E-state index in [1.54, 1.807) is 9.80 Å². The minimum atomic E-state index is -0.485. The molecule has 0 bridgehead atoms. The Bertz CT molecular complexity index is 595. The number of hydrogen-bond donors (Lipinski definition) is 0. The molecule has 0 aromatic carbocycles. The fraction of sp³-hybridized carbons (Fsp3) is 0.889. The van der Waals surface area contributed by atoms with Crippen LogP contribution in [0.4, 0.5) is 0 Å². The minimum absolute atomic E-state index is 0.0703. The van der Waals surface area contributed by atoms with E-state index < -0.39 is 12.1 Å². The van der Waals surface area contributed by atoms with Crippen LogP contribution in [0.1, 0.15) is 122 Å². The van der Waals surface area contributed by atoms with Gasteiger partial charge in [-0.1, -0.05) is 84.0 Å². The number of methoxy groups -OCH3 is 1. The molecule has 0 aliphatic carbocycles. The van der Waals surface area contributed by atoms with Gasteiger partial charge in [0, 0.05) is 19.5 Å². The fourth-order valence-corrected chi connectivity index (χ4v) is 5.36. The van der Waals surface area contributed by atoms with Gasteiger partial charge in [0.1, 0.15) is 12.1 Å². The van der Waals surface area contributed by atoms with Crippen LogP contribution < -0.4 is 0 Å². The summed E-state index contributed by atoms with van der Waals surface area (Å²) in [4.78, 5) is 41.3. The Morgan fingerprint density at radius 3 is 1.73 bits per heavy atom. The van der Waals surface area contributed by atoms with E-state index in [2.05, 4.69) is 6.92 Å². The molecule has 2 amide bonds. The third kappa shape index (κ3) is 9.29. The molecule has 2 aliphatic rings. The van der Waals surface area contributed by atoms with Gasteiger partial charge in [-0.15, -0.1) is 0 Å². The average molecular weight is 465 g/mol. The largest absolute Gasteiger partial charge is 0.467 e. The maximum Gasteiger partial charge on any atom is 0.328 e. The van der Waals surface area contributed by atoms with Crippen molar-refractivity contribution in [2.75, 3.05) is 20.2 Å². The molecule has 0 spiro atoms. The number of unbranched alkanes of at least 4 members (excludes halogenated alkanes) is 12. The first-order valence-electron chi connectivity index (χ1n) is 13.8. The second-order valence-corrected chi connectivity index (χ2v) is 9.95. The van der Waals surface area contributed by atoms with Gasteiger partial charge in [-0.2, -0.15) is 0 Å². The number of esters is 1. The van der Waals surface area contributed by atoms with Crippen molar-refractivity contribution in [1.29, 1.82) is 0 Å². The first-order valence-corrected chi connectivity index (χ1v) is 13.8. The molecule has 6 nitrogen and oxygen atoms in total. The monoisotopic (exact) mass is 464 g/mol. The number of rotatable bonds is 16. The molecule has 0 unspecified atom stereocenters. The average Bonchev–Trinajstić information content (AvgIpc) is 3.51. The van der Waals surface area contributed by atoms with Crippen molar-refractivity contribution in [3.8, 4) is 0 Å². The molecule has 2 aliphatic heterocycles. The van der Waals surface area contributed by atoms with E-state index in [4.69, 9.17) is 4.74 Å². The third-order valence-corrected chi connectivity index (χ3v) is 7.36. The number of carbonyl (C=O) groups excluding carboxylic acids is 3. The summed E-state index contributed by atoms with van der Waals surface area (Å²) in [5.41, 5.74) is 0. The van der Waals surface area contributed by atoms with E-state index in [1.165, 1.54) is 77.7 Å². The van der Waals surface area contributed by atoms with Crippen molar-refractivity contribution in [2.45, 2.75) is 135 Å². The van der Waals surface area contributed by atoms with E-state index >= 15 is 0 Å². The zero-order valence-electron chi connectivity index (χ0n) is 21.3. The Morgan fingerprint density at radius 2 is 1.18 bits per heavy atom. The molecule has 0 radical (unpaired) electrons. The van der Waals surface area contributed by atoms with E-state index in [9.17, 15) is 14.4 Å². The Labute approximate surface area is 201 Å². The summed E-state index contributed by atoms with van der Waals surface area (Å²) in [6.07, 6.45) is 20.3. The molecule has 0 saturated carbocycles. The number of nitrogens with zero attached hydrogens (tertiary/aromatic N) is 2. The van der Waals surface area contributed by atoms with Gasteiger partial charge < -0.3 is 14.5 Å². The van der Waals surface area contributed by atoms with Gasteiger partial charge in [-0.05, 0) is 32.1 Å². The molecular weight excluding hydrogens is 416 g/mol. The van der Waals surface area contributed by atoms with Crippen LogP contribution in [0.25, 0.3) is 0 Å². The van der Waals surface area contributed by atoms with Crippen molar-refractivity contribution < 1.29 is 19.1 Å². The first-order chi connectivity index (χ1) is 16.1. The van der Waals surface area contributed by atoms with Crippen LogP contribution in [-0.4, -0.2) is 59.9 Å². The minimum Gasteiger partial charge on any atom is -0.467 e. The highest BCUT2D eigenvalue weighted by atomic mass is 16.5. The normalized spacial score (nSPS) is 20.4.